The predicted molar refractivity (Wildman–Crippen MR) is 54.9 cm³/mol. The van der Waals surface area contributed by atoms with Gasteiger partial charge in [0.15, 0.2) is 12.6 Å². The van der Waals surface area contributed by atoms with Crippen LogP contribution in [0, 0.1) is 0 Å². The van der Waals surface area contributed by atoms with Gasteiger partial charge >= 0.3 is 0 Å². The number of ether oxygens (including phenoxy) is 5. The summed E-state index contributed by atoms with van der Waals surface area (Å²) in [7, 11) is 4.55. The highest BCUT2D eigenvalue weighted by atomic mass is 16.8. The molecule has 1 N–H and O–H groups in total. The first-order valence-electron chi connectivity index (χ1n) is 5.23. The summed E-state index contributed by atoms with van der Waals surface area (Å²) < 4.78 is 26.3. The minimum absolute atomic E-state index is 0.432. The Hall–Kier alpha value is -0.240. The lowest BCUT2D eigenvalue weighted by atomic mass is 10.0. The fraction of sp³-hybridized carbons (Fsp3) is 1.00. The molecule has 5 atom stereocenters. The lowest BCUT2D eigenvalue weighted by molar-refractivity contribution is -0.348. The molecule has 96 valence electrons. The minimum Gasteiger partial charge on any atom is -0.376 e. The molecule has 0 radical (unpaired) electrons. The molecular formula is C10H20O6. The van der Waals surface area contributed by atoms with Crippen LogP contribution in [0.25, 0.3) is 0 Å². The van der Waals surface area contributed by atoms with E-state index in [0.29, 0.717) is 6.61 Å². The Bertz CT molecular complexity index is 200. The number of aliphatic hydroxyl groups excluding tert-OH is 1. The topological polar surface area (TPSA) is 66.4 Å². The molecule has 0 spiro atoms. The third-order valence-electron chi connectivity index (χ3n) is 2.62. The van der Waals surface area contributed by atoms with E-state index in [1.54, 1.807) is 0 Å². The van der Waals surface area contributed by atoms with Gasteiger partial charge in [-0.05, 0) is 6.92 Å². The highest BCUT2D eigenvalue weighted by Crippen LogP contribution is 2.26. The van der Waals surface area contributed by atoms with Crippen molar-refractivity contribution < 1.29 is 28.8 Å². The highest BCUT2D eigenvalue weighted by Gasteiger charge is 2.46. The molecule has 1 saturated heterocycles. The molecule has 1 fully saturated rings. The number of aliphatic hydroxyl groups is 1. The van der Waals surface area contributed by atoms with Gasteiger partial charge in [0.2, 0.25) is 0 Å². The van der Waals surface area contributed by atoms with E-state index < -0.39 is 30.9 Å². The summed E-state index contributed by atoms with van der Waals surface area (Å²) in [6, 6.07) is 0. The van der Waals surface area contributed by atoms with E-state index in [4.69, 9.17) is 23.7 Å². The van der Waals surface area contributed by atoms with Crippen LogP contribution >= 0.6 is 0 Å². The van der Waals surface area contributed by atoms with Crippen LogP contribution in [0.1, 0.15) is 6.92 Å². The predicted octanol–water partition coefficient (Wildman–Crippen LogP) is -0.257. The van der Waals surface area contributed by atoms with Gasteiger partial charge in [-0.1, -0.05) is 0 Å². The van der Waals surface area contributed by atoms with E-state index in [0.717, 1.165) is 0 Å². The molecule has 0 bridgehead atoms. The SMILES string of the molecule is CCO[C@@H]1OC(O)[C@H](OC)[C@H](OC)[C@H]1OC. The Balaban J connectivity index is 2.78. The van der Waals surface area contributed by atoms with E-state index in [2.05, 4.69) is 0 Å². The van der Waals surface area contributed by atoms with Gasteiger partial charge in [0.25, 0.3) is 0 Å². The monoisotopic (exact) mass is 236 g/mol. The maximum atomic E-state index is 9.72. The van der Waals surface area contributed by atoms with Crippen molar-refractivity contribution in [2.45, 2.75) is 37.8 Å². The van der Waals surface area contributed by atoms with E-state index in [1.807, 2.05) is 6.92 Å². The zero-order chi connectivity index (χ0) is 12.1. The van der Waals surface area contributed by atoms with Crippen LogP contribution < -0.4 is 0 Å². The van der Waals surface area contributed by atoms with Crippen LogP contribution in [0.2, 0.25) is 0 Å². The van der Waals surface area contributed by atoms with Crippen LogP contribution in [-0.4, -0.2) is 63.9 Å². The van der Waals surface area contributed by atoms with Gasteiger partial charge in [-0.15, -0.1) is 0 Å². The average Bonchev–Trinajstić information content (AvgIpc) is 2.28. The van der Waals surface area contributed by atoms with Gasteiger partial charge in [0.1, 0.15) is 18.3 Å². The van der Waals surface area contributed by atoms with Crippen LogP contribution in [-0.2, 0) is 23.7 Å². The maximum absolute atomic E-state index is 9.72. The molecule has 1 heterocycles. The Labute approximate surface area is 95.4 Å². The number of hydrogen-bond donors (Lipinski definition) is 1. The summed E-state index contributed by atoms with van der Waals surface area (Å²) in [6.07, 6.45) is -3.19. The highest BCUT2D eigenvalue weighted by molar-refractivity contribution is 4.88. The normalized spacial score (nSPS) is 39.9. The van der Waals surface area contributed by atoms with Crippen molar-refractivity contribution in [1.82, 2.24) is 0 Å². The third-order valence-corrected chi connectivity index (χ3v) is 2.62. The molecule has 1 unspecified atom stereocenters. The molecular weight excluding hydrogens is 216 g/mol. The average molecular weight is 236 g/mol. The molecule has 0 amide bonds. The second-order valence-corrected chi connectivity index (χ2v) is 3.45. The summed E-state index contributed by atoms with van der Waals surface area (Å²) >= 11 is 0. The molecule has 1 aliphatic rings. The standard InChI is InChI=1S/C10H20O6/c1-5-15-10-8(14-4)6(12-2)7(13-3)9(11)16-10/h6-11H,5H2,1-4H3/t6-,7+,8+,9?,10+/m0/s1. The molecule has 0 saturated carbocycles. The molecule has 6 heteroatoms. The number of methoxy groups -OCH3 is 3. The lowest BCUT2D eigenvalue weighted by Crippen LogP contribution is -2.60. The van der Waals surface area contributed by atoms with Crippen molar-refractivity contribution in [3.05, 3.63) is 0 Å². The van der Waals surface area contributed by atoms with Crippen molar-refractivity contribution in [1.29, 1.82) is 0 Å². The van der Waals surface area contributed by atoms with Crippen molar-refractivity contribution >= 4 is 0 Å². The second-order valence-electron chi connectivity index (χ2n) is 3.45. The van der Waals surface area contributed by atoms with Crippen LogP contribution in [0.15, 0.2) is 0 Å². The molecule has 0 aromatic rings. The fourth-order valence-electron chi connectivity index (χ4n) is 1.86. The smallest absolute Gasteiger partial charge is 0.189 e. The number of hydrogen-bond acceptors (Lipinski definition) is 6. The van der Waals surface area contributed by atoms with Gasteiger partial charge in [0.05, 0.1) is 0 Å². The summed E-state index contributed by atoms with van der Waals surface area (Å²) in [5, 5.41) is 9.72. The summed E-state index contributed by atoms with van der Waals surface area (Å²) in [5.41, 5.74) is 0. The third kappa shape index (κ3) is 2.71. The zero-order valence-corrected chi connectivity index (χ0v) is 10.1. The Kier molecular flexibility index (Phi) is 5.60. The van der Waals surface area contributed by atoms with E-state index in [9.17, 15) is 5.11 Å². The first-order valence-corrected chi connectivity index (χ1v) is 5.23. The Morgan fingerprint density at radius 3 is 2.00 bits per heavy atom. The van der Waals surface area contributed by atoms with Crippen LogP contribution in [0.3, 0.4) is 0 Å². The quantitative estimate of drug-likeness (QED) is 0.709. The van der Waals surface area contributed by atoms with E-state index >= 15 is 0 Å². The zero-order valence-electron chi connectivity index (χ0n) is 10.1. The summed E-state index contributed by atoms with van der Waals surface area (Å²) in [4.78, 5) is 0. The molecule has 16 heavy (non-hydrogen) atoms. The molecule has 0 aliphatic carbocycles. The Morgan fingerprint density at radius 1 is 1.00 bits per heavy atom. The van der Waals surface area contributed by atoms with Crippen LogP contribution in [0.5, 0.6) is 0 Å². The second kappa shape index (κ2) is 6.48. The van der Waals surface area contributed by atoms with E-state index in [1.165, 1.54) is 21.3 Å². The molecule has 1 rings (SSSR count). The summed E-state index contributed by atoms with van der Waals surface area (Å²) in [5.74, 6) is 0. The minimum atomic E-state index is -1.09. The van der Waals surface area contributed by atoms with Gasteiger partial charge in [-0.25, -0.2) is 0 Å². The molecule has 6 nitrogen and oxygen atoms in total. The van der Waals surface area contributed by atoms with Crippen molar-refractivity contribution in [3.8, 4) is 0 Å². The van der Waals surface area contributed by atoms with E-state index in [-0.39, 0.29) is 0 Å². The van der Waals surface area contributed by atoms with Gasteiger partial charge in [-0.2, -0.15) is 0 Å². The first kappa shape index (κ1) is 13.8. The van der Waals surface area contributed by atoms with Gasteiger partial charge in [0, 0.05) is 27.9 Å². The van der Waals surface area contributed by atoms with Crippen molar-refractivity contribution in [2.75, 3.05) is 27.9 Å². The van der Waals surface area contributed by atoms with Crippen molar-refractivity contribution in [3.63, 3.8) is 0 Å². The molecule has 0 aromatic carbocycles. The van der Waals surface area contributed by atoms with Gasteiger partial charge < -0.3 is 28.8 Å². The summed E-state index contributed by atoms with van der Waals surface area (Å²) in [6.45, 7) is 2.30. The number of rotatable bonds is 5. The van der Waals surface area contributed by atoms with Crippen LogP contribution in [0.4, 0.5) is 0 Å². The fourth-order valence-corrected chi connectivity index (χ4v) is 1.86. The first-order chi connectivity index (χ1) is 7.69. The molecule has 0 aromatic heterocycles. The van der Waals surface area contributed by atoms with Gasteiger partial charge in [-0.3, -0.25) is 0 Å². The molecule has 1 aliphatic heterocycles. The maximum Gasteiger partial charge on any atom is 0.189 e. The Morgan fingerprint density at radius 2 is 1.56 bits per heavy atom. The van der Waals surface area contributed by atoms with Crippen molar-refractivity contribution in [2.24, 2.45) is 0 Å². The largest absolute Gasteiger partial charge is 0.376 e. The lowest BCUT2D eigenvalue weighted by Gasteiger charge is -2.42.